The summed E-state index contributed by atoms with van der Waals surface area (Å²) < 4.78 is 8.71. The van der Waals surface area contributed by atoms with Crippen LogP contribution in [0.15, 0.2) is 42.7 Å². The van der Waals surface area contributed by atoms with Gasteiger partial charge in [-0.25, -0.2) is 9.48 Å². The molecule has 1 aromatic carbocycles. The molecule has 25 heavy (non-hydrogen) atoms. The van der Waals surface area contributed by atoms with Gasteiger partial charge in [-0.2, -0.15) is 5.10 Å². The largest absolute Gasteiger partial charge is 0.452 e. The molecule has 130 valence electrons. The standard InChI is InChI=1S/C18H20N4O3/c1-12(2)22-16(8-9-19-22)20-17(23)11-25-18(24)14-10-21(3)15-7-5-4-6-13(14)15/h4-10,12H,11H2,1-3H3,(H,20,23). The molecule has 0 saturated heterocycles. The number of hydrogen-bond acceptors (Lipinski definition) is 4. The fraction of sp³-hybridized carbons (Fsp3) is 0.278. The van der Waals surface area contributed by atoms with Crippen molar-refractivity contribution in [3.8, 4) is 0 Å². The average molecular weight is 340 g/mol. The van der Waals surface area contributed by atoms with Crippen molar-refractivity contribution in [2.45, 2.75) is 19.9 Å². The van der Waals surface area contributed by atoms with E-state index < -0.39 is 11.9 Å². The Labute approximate surface area is 145 Å². The van der Waals surface area contributed by atoms with Gasteiger partial charge in [0.25, 0.3) is 5.91 Å². The summed E-state index contributed by atoms with van der Waals surface area (Å²) in [7, 11) is 1.86. The van der Waals surface area contributed by atoms with Crippen LogP contribution in [-0.4, -0.2) is 32.8 Å². The molecule has 0 spiro atoms. The molecule has 1 amide bonds. The molecular formula is C18H20N4O3. The minimum atomic E-state index is -0.524. The van der Waals surface area contributed by atoms with E-state index >= 15 is 0 Å². The normalized spacial score (nSPS) is 11.0. The second kappa shape index (κ2) is 6.80. The Balaban J connectivity index is 1.65. The Kier molecular flexibility index (Phi) is 4.56. The number of rotatable bonds is 5. The topological polar surface area (TPSA) is 78.2 Å². The number of ether oxygens (including phenoxy) is 1. The first-order chi connectivity index (χ1) is 12.0. The number of anilines is 1. The molecule has 1 N–H and O–H groups in total. The Hall–Kier alpha value is -3.09. The van der Waals surface area contributed by atoms with E-state index in [1.165, 1.54) is 0 Å². The van der Waals surface area contributed by atoms with Crippen LogP contribution in [0.2, 0.25) is 0 Å². The number of aromatic nitrogens is 3. The van der Waals surface area contributed by atoms with E-state index in [1.807, 2.05) is 49.7 Å². The van der Waals surface area contributed by atoms with Crippen LogP contribution in [-0.2, 0) is 16.6 Å². The summed E-state index contributed by atoms with van der Waals surface area (Å²) in [6.45, 7) is 3.57. The van der Waals surface area contributed by atoms with Crippen molar-refractivity contribution in [1.82, 2.24) is 14.3 Å². The molecule has 7 heteroatoms. The number of fused-ring (bicyclic) bond motifs is 1. The number of nitrogens with one attached hydrogen (secondary N) is 1. The molecule has 7 nitrogen and oxygen atoms in total. The van der Waals surface area contributed by atoms with E-state index in [9.17, 15) is 9.59 Å². The Morgan fingerprint density at radius 2 is 2.00 bits per heavy atom. The first-order valence-electron chi connectivity index (χ1n) is 8.02. The number of nitrogens with zero attached hydrogens (tertiary/aromatic N) is 3. The highest BCUT2D eigenvalue weighted by Gasteiger charge is 2.17. The quantitative estimate of drug-likeness (QED) is 0.725. The fourth-order valence-electron chi connectivity index (χ4n) is 2.72. The Bertz CT molecular complexity index is 923. The maximum atomic E-state index is 12.3. The van der Waals surface area contributed by atoms with Gasteiger partial charge in [-0.3, -0.25) is 4.79 Å². The molecule has 0 aliphatic carbocycles. The van der Waals surface area contributed by atoms with Crippen molar-refractivity contribution in [1.29, 1.82) is 0 Å². The van der Waals surface area contributed by atoms with Crippen molar-refractivity contribution >= 4 is 28.6 Å². The Morgan fingerprint density at radius 1 is 1.24 bits per heavy atom. The molecule has 0 aliphatic heterocycles. The van der Waals surface area contributed by atoms with Crippen LogP contribution in [0.3, 0.4) is 0 Å². The SMILES string of the molecule is CC(C)n1nccc1NC(=O)COC(=O)c1cn(C)c2ccccc12. The molecule has 0 unspecified atom stereocenters. The molecular weight excluding hydrogens is 320 g/mol. The van der Waals surface area contributed by atoms with E-state index in [2.05, 4.69) is 10.4 Å². The minimum Gasteiger partial charge on any atom is -0.452 e. The van der Waals surface area contributed by atoms with Gasteiger partial charge in [-0.15, -0.1) is 0 Å². The summed E-state index contributed by atoms with van der Waals surface area (Å²) in [5, 5.41) is 7.64. The average Bonchev–Trinajstić information content (AvgIpc) is 3.18. The van der Waals surface area contributed by atoms with Gasteiger partial charge in [0.1, 0.15) is 5.82 Å². The van der Waals surface area contributed by atoms with Crippen LogP contribution in [0, 0.1) is 0 Å². The molecule has 2 aromatic heterocycles. The van der Waals surface area contributed by atoms with Gasteiger partial charge >= 0.3 is 5.97 Å². The van der Waals surface area contributed by atoms with Crippen LogP contribution in [0.1, 0.15) is 30.2 Å². The van der Waals surface area contributed by atoms with Gasteiger partial charge in [-0.05, 0) is 19.9 Å². The molecule has 3 aromatic rings. The monoisotopic (exact) mass is 340 g/mol. The lowest BCUT2D eigenvalue weighted by atomic mass is 10.2. The maximum Gasteiger partial charge on any atom is 0.340 e. The molecule has 0 saturated carbocycles. The van der Waals surface area contributed by atoms with Crippen LogP contribution in [0.4, 0.5) is 5.82 Å². The molecule has 0 fully saturated rings. The lowest BCUT2D eigenvalue weighted by molar-refractivity contribution is -0.119. The third-order valence-electron chi connectivity index (χ3n) is 3.88. The van der Waals surface area contributed by atoms with Crippen molar-refractivity contribution < 1.29 is 14.3 Å². The van der Waals surface area contributed by atoms with Gasteiger partial charge in [0.15, 0.2) is 6.61 Å². The minimum absolute atomic E-state index is 0.114. The summed E-state index contributed by atoms with van der Waals surface area (Å²) in [5.41, 5.74) is 1.37. The van der Waals surface area contributed by atoms with Gasteiger partial charge in [0.05, 0.1) is 11.8 Å². The van der Waals surface area contributed by atoms with E-state index in [1.54, 1.807) is 23.1 Å². The van der Waals surface area contributed by atoms with Gasteiger partial charge in [0, 0.05) is 36.3 Å². The third kappa shape index (κ3) is 3.40. The number of esters is 1. The van der Waals surface area contributed by atoms with Gasteiger partial charge < -0.3 is 14.6 Å². The van der Waals surface area contributed by atoms with Crippen LogP contribution >= 0.6 is 0 Å². The predicted molar refractivity (Wildman–Crippen MR) is 94.4 cm³/mol. The summed E-state index contributed by atoms with van der Waals surface area (Å²) in [5.74, 6) is -0.360. The number of hydrogen-bond donors (Lipinski definition) is 1. The first kappa shape index (κ1) is 16.8. The predicted octanol–water partition coefficient (Wildman–Crippen LogP) is 2.75. The molecule has 0 atom stereocenters. The zero-order valence-corrected chi connectivity index (χ0v) is 14.4. The second-order valence-electron chi connectivity index (χ2n) is 6.05. The van der Waals surface area contributed by atoms with E-state index in [0.29, 0.717) is 11.4 Å². The Morgan fingerprint density at radius 3 is 2.76 bits per heavy atom. The number of amides is 1. The number of para-hydroxylation sites is 1. The summed E-state index contributed by atoms with van der Waals surface area (Å²) in [4.78, 5) is 24.4. The summed E-state index contributed by atoms with van der Waals surface area (Å²) in [6, 6.07) is 9.36. The van der Waals surface area contributed by atoms with Crippen molar-refractivity contribution in [2.24, 2.45) is 7.05 Å². The van der Waals surface area contributed by atoms with Crippen molar-refractivity contribution in [2.75, 3.05) is 11.9 Å². The number of benzene rings is 1. The first-order valence-corrected chi connectivity index (χ1v) is 8.02. The zero-order chi connectivity index (χ0) is 18.0. The van der Waals surface area contributed by atoms with E-state index in [-0.39, 0.29) is 12.6 Å². The highest BCUT2D eigenvalue weighted by atomic mass is 16.5. The highest BCUT2D eigenvalue weighted by Crippen LogP contribution is 2.21. The zero-order valence-electron chi connectivity index (χ0n) is 14.4. The highest BCUT2D eigenvalue weighted by molar-refractivity contribution is 6.05. The molecule has 0 bridgehead atoms. The van der Waals surface area contributed by atoms with Crippen molar-refractivity contribution in [3.05, 3.63) is 48.3 Å². The summed E-state index contributed by atoms with van der Waals surface area (Å²) in [6.07, 6.45) is 3.32. The third-order valence-corrected chi connectivity index (χ3v) is 3.88. The smallest absolute Gasteiger partial charge is 0.340 e. The van der Waals surface area contributed by atoms with Crippen LogP contribution in [0.5, 0.6) is 0 Å². The lowest BCUT2D eigenvalue weighted by Crippen LogP contribution is -2.23. The maximum absolute atomic E-state index is 12.3. The second-order valence-corrected chi connectivity index (χ2v) is 6.05. The molecule has 0 radical (unpaired) electrons. The van der Waals surface area contributed by atoms with Crippen LogP contribution < -0.4 is 5.32 Å². The van der Waals surface area contributed by atoms with Gasteiger partial charge in [-0.1, -0.05) is 18.2 Å². The molecule has 0 aliphatic rings. The summed E-state index contributed by atoms with van der Waals surface area (Å²) >= 11 is 0. The number of carbonyl (C=O) groups is 2. The van der Waals surface area contributed by atoms with Crippen LogP contribution in [0.25, 0.3) is 10.9 Å². The van der Waals surface area contributed by atoms with E-state index in [4.69, 9.17) is 4.74 Å². The van der Waals surface area contributed by atoms with E-state index in [0.717, 1.165) is 10.9 Å². The molecule has 3 rings (SSSR count). The number of carbonyl (C=O) groups excluding carboxylic acids is 2. The molecule has 2 heterocycles. The van der Waals surface area contributed by atoms with Gasteiger partial charge in [0.2, 0.25) is 0 Å². The fourth-order valence-corrected chi connectivity index (χ4v) is 2.72. The number of aryl methyl sites for hydroxylation is 1. The van der Waals surface area contributed by atoms with Crippen molar-refractivity contribution in [3.63, 3.8) is 0 Å². The lowest BCUT2D eigenvalue weighted by Gasteiger charge is -2.11.